The van der Waals surface area contributed by atoms with E-state index in [0.717, 1.165) is 10.4 Å². The van der Waals surface area contributed by atoms with Crippen molar-refractivity contribution < 1.29 is 21.6 Å². The van der Waals surface area contributed by atoms with Gasteiger partial charge in [-0.3, -0.25) is 9.10 Å². The number of nitrogens with two attached hydrogens (primary N) is 2. The molecule has 10 heteroatoms. The predicted octanol–water partition coefficient (Wildman–Crippen LogP) is -0.0607. The molecule has 1 atom stereocenters. The highest BCUT2D eigenvalue weighted by Crippen LogP contribution is 2.36. The molecule has 8 nitrogen and oxygen atoms in total. The van der Waals surface area contributed by atoms with Crippen molar-refractivity contribution in [3.63, 3.8) is 0 Å². The molecule has 0 bridgehead atoms. The Kier molecular flexibility index (Phi) is 4.06. The number of carbonyl (C=O) groups is 1. The number of nitrogens with zero attached hydrogens (tertiary/aromatic N) is 1. The van der Waals surface area contributed by atoms with Gasteiger partial charge in [0.05, 0.1) is 15.5 Å². The van der Waals surface area contributed by atoms with Gasteiger partial charge in [-0.05, 0) is 29.8 Å². The first-order valence-electron chi connectivity index (χ1n) is 7.17. The maximum Gasteiger partial charge on any atom is 0.265 e. The number of para-hydroxylation sites is 1. The third kappa shape index (κ3) is 2.99. The summed E-state index contributed by atoms with van der Waals surface area (Å²) in [5, 5.41) is 5.06. The number of primary sulfonamides is 1. The summed E-state index contributed by atoms with van der Waals surface area (Å²) in [6, 6.07) is 10.2. The van der Waals surface area contributed by atoms with Crippen LogP contribution in [-0.4, -0.2) is 28.8 Å². The van der Waals surface area contributed by atoms with Gasteiger partial charge in [0.1, 0.15) is 6.04 Å². The summed E-state index contributed by atoms with van der Waals surface area (Å²) in [6.45, 7) is 0. The molecule has 1 amide bonds. The van der Waals surface area contributed by atoms with E-state index in [1.807, 2.05) is 0 Å². The standard InChI is InChI=1S/C15H15N3O5S2/c16-15(19)14-8-10-4-1-2-7-13(10)18(14)25(22,23)12-6-3-5-11(9-12)24(17,20)21/h1-7,9,14H,8H2,(H2,16,19)(H2,17,20,21)/t14-/m0/s1. The highest BCUT2D eigenvalue weighted by molar-refractivity contribution is 7.93. The molecule has 0 spiro atoms. The van der Waals surface area contributed by atoms with E-state index in [1.54, 1.807) is 24.3 Å². The number of hydrogen-bond acceptors (Lipinski definition) is 5. The quantitative estimate of drug-likeness (QED) is 0.763. The fourth-order valence-corrected chi connectivity index (χ4v) is 5.13. The number of primary amides is 1. The molecule has 0 saturated carbocycles. The van der Waals surface area contributed by atoms with Gasteiger partial charge in [-0.15, -0.1) is 0 Å². The van der Waals surface area contributed by atoms with Crippen LogP contribution >= 0.6 is 0 Å². The Morgan fingerprint density at radius 3 is 2.28 bits per heavy atom. The minimum absolute atomic E-state index is 0.152. The van der Waals surface area contributed by atoms with Gasteiger partial charge < -0.3 is 5.73 Å². The summed E-state index contributed by atoms with van der Waals surface area (Å²) < 4.78 is 50.1. The fourth-order valence-electron chi connectivity index (χ4n) is 2.80. The molecular weight excluding hydrogens is 366 g/mol. The van der Waals surface area contributed by atoms with Crippen LogP contribution in [0.4, 0.5) is 5.69 Å². The van der Waals surface area contributed by atoms with E-state index < -0.39 is 32.0 Å². The van der Waals surface area contributed by atoms with Gasteiger partial charge in [-0.25, -0.2) is 22.0 Å². The molecule has 2 aromatic rings. The van der Waals surface area contributed by atoms with Crippen LogP contribution in [0.2, 0.25) is 0 Å². The lowest BCUT2D eigenvalue weighted by Gasteiger charge is -2.25. The summed E-state index contributed by atoms with van der Waals surface area (Å²) in [7, 11) is -8.29. The van der Waals surface area contributed by atoms with E-state index in [1.165, 1.54) is 18.2 Å². The van der Waals surface area contributed by atoms with Crippen molar-refractivity contribution in [2.45, 2.75) is 22.3 Å². The smallest absolute Gasteiger partial charge is 0.265 e. The summed E-state index contributed by atoms with van der Waals surface area (Å²) in [5.41, 5.74) is 6.38. The zero-order valence-corrected chi connectivity index (χ0v) is 14.5. The third-order valence-electron chi connectivity index (χ3n) is 3.94. The van der Waals surface area contributed by atoms with E-state index in [4.69, 9.17) is 10.9 Å². The second-order valence-electron chi connectivity index (χ2n) is 5.57. The van der Waals surface area contributed by atoms with E-state index in [0.29, 0.717) is 11.3 Å². The van der Waals surface area contributed by atoms with Gasteiger partial charge in [-0.1, -0.05) is 24.3 Å². The predicted molar refractivity (Wildman–Crippen MR) is 90.6 cm³/mol. The Balaban J connectivity index is 2.18. The van der Waals surface area contributed by atoms with Crippen molar-refractivity contribution in [2.24, 2.45) is 10.9 Å². The van der Waals surface area contributed by atoms with Gasteiger partial charge in [0.2, 0.25) is 15.9 Å². The van der Waals surface area contributed by atoms with Gasteiger partial charge >= 0.3 is 0 Å². The highest BCUT2D eigenvalue weighted by atomic mass is 32.2. The van der Waals surface area contributed by atoms with Crippen molar-refractivity contribution in [3.05, 3.63) is 54.1 Å². The molecular formula is C15H15N3O5S2. The van der Waals surface area contributed by atoms with Crippen LogP contribution < -0.4 is 15.2 Å². The molecule has 25 heavy (non-hydrogen) atoms. The van der Waals surface area contributed by atoms with Crippen LogP contribution in [0.15, 0.2) is 58.3 Å². The van der Waals surface area contributed by atoms with Crippen molar-refractivity contribution in [2.75, 3.05) is 4.31 Å². The lowest BCUT2D eigenvalue weighted by molar-refractivity contribution is -0.118. The molecule has 0 aliphatic carbocycles. The Hall–Kier alpha value is -2.43. The van der Waals surface area contributed by atoms with Gasteiger partial charge in [0.25, 0.3) is 10.0 Å². The SMILES string of the molecule is NC(=O)[C@@H]1Cc2ccccc2N1S(=O)(=O)c1cccc(S(N)(=O)=O)c1. The van der Waals surface area contributed by atoms with E-state index in [9.17, 15) is 21.6 Å². The first kappa shape index (κ1) is 17.4. The molecule has 0 saturated heterocycles. The molecule has 1 aliphatic heterocycles. The first-order valence-corrected chi connectivity index (χ1v) is 10.2. The number of rotatable bonds is 4. The van der Waals surface area contributed by atoms with Crippen molar-refractivity contribution in [1.82, 2.24) is 0 Å². The molecule has 1 heterocycles. The van der Waals surface area contributed by atoms with Crippen molar-refractivity contribution in [3.8, 4) is 0 Å². The Labute approximate surface area is 145 Å². The molecule has 4 N–H and O–H groups in total. The maximum absolute atomic E-state index is 13.1. The average Bonchev–Trinajstić information content (AvgIpc) is 2.94. The van der Waals surface area contributed by atoms with Crippen LogP contribution in [0, 0.1) is 0 Å². The lowest BCUT2D eigenvalue weighted by atomic mass is 10.1. The Morgan fingerprint density at radius 1 is 1.00 bits per heavy atom. The minimum Gasteiger partial charge on any atom is -0.368 e. The number of fused-ring (bicyclic) bond motifs is 1. The molecule has 1 aliphatic rings. The highest BCUT2D eigenvalue weighted by Gasteiger charge is 2.41. The van der Waals surface area contributed by atoms with Crippen molar-refractivity contribution in [1.29, 1.82) is 0 Å². The second kappa shape index (κ2) is 5.83. The van der Waals surface area contributed by atoms with Gasteiger partial charge in [0, 0.05) is 6.42 Å². The van der Waals surface area contributed by atoms with E-state index >= 15 is 0 Å². The second-order valence-corrected chi connectivity index (χ2v) is 8.95. The molecule has 3 rings (SSSR count). The lowest BCUT2D eigenvalue weighted by Crippen LogP contribution is -2.46. The van der Waals surface area contributed by atoms with E-state index in [-0.39, 0.29) is 16.2 Å². The van der Waals surface area contributed by atoms with Crippen LogP contribution in [0.1, 0.15) is 5.56 Å². The number of carbonyl (C=O) groups excluding carboxylic acids is 1. The number of sulfonamides is 2. The number of amides is 1. The normalized spacial score (nSPS) is 17.3. The van der Waals surface area contributed by atoms with Crippen LogP contribution in [0.5, 0.6) is 0 Å². The van der Waals surface area contributed by atoms with Crippen LogP contribution in [-0.2, 0) is 31.3 Å². The largest absolute Gasteiger partial charge is 0.368 e. The van der Waals surface area contributed by atoms with Gasteiger partial charge in [0.15, 0.2) is 0 Å². The van der Waals surface area contributed by atoms with Gasteiger partial charge in [-0.2, -0.15) is 0 Å². The topological polar surface area (TPSA) is 141 Å². The molecule has 0 radical (unpaired) electrons. The molecule has 2 aromatic carbocycles. The Morgan fingerprint density at radius 2 is 1.64 bits per heavy atom. The fraction of sp³-hybridized carbons (Fsp3) is 0.133. The summed E-state index contributed by atoms with van der Waals surface area (Å²) in [4.78, 5) is 11.2. The zero-order chi connectivity index (χ0) is 18.4. The van der Waals surface area contributed by atoms with E-state index in [2.05, 4.69) is 0 Å². The maximum atomic E-state index is 13.1. The molecule has 132 valence electrons. The summed E-state index contributed by atoms with van der Waals surface area (Å²) in [5.74, 6) is -0.789. The Bertz CT molecular complexity index is 1060. The average molecular weight is 381 g/mol. The third-order valence-corrected chi connectivity index (χ3v) is 6.67. The summed E-state index contributed by atoms with van der Waals surface area (Å²) >= 11 is 0. The molecule has 0 unspecified atom stereocenters. The van der Waals surface area contributed by atoms with Crippen LogP contribution in [0.25, 0.3) is 0 Å². The number of anilines is 1. The number of benzene rings is 2. The molecule has 0 fully saturated rings. The molecule has 0 aromatic heterocycles. The first-order chi connectivity index (χ1) is 11.6. The zero-order valence-electron chi connectivity index (χ0n) is 12.9. The summed E-state index contributed by atoms with van der Waals surface area (Å²) in [6.07, 6.45) is 0.152. The van der Waals surface area contributed by atoms with Crippen molar-refractivity contribution >= 4 is 31.6 Å². The van der Waals surface area contributed by atoms with Crippen LogP contribution in [0.3, 0.4) is 0 Å². The number of hydrogen-bond donors (Lipinski definition) is 2. The monoisotopic (exact) mass is 381 g/mol. The minimum atomic E-state index is -4.22.